The number of aromatic nitrogens is 5. The second kappa shape index (κ2) is 13.6. The Morgan fingerprint density at radius 2 is 1.25 bits per heavy atom. The van der Waals surface area contributed by atoms with Crippen molar-refractivity contribution in [1.29, 1.82) is 0 Å². The molecule has 0 radical (unpaired) electrons. The fourth-order valence-electron chi connectivity index (χ4n) is 8.56. The fourth-order valence-corrected chi connectivity index (χ4v) is 8.56. The maximum Gasteiger partial charge on any atom is 2.00 e. The maximum absolute atomic E-state index is 5.51. The Morgan fingerprint density at radius 1 is 0.561 bits per heavy atom. The largest absolute Gasteiger partial charge is 2.00 e. The summed E-state index contributed by atoms with van der Waals surface area (Å²) < 4.78 is 4.53. The summed E-state index contributed by atoms with van der Waals surface area (Å²) in [5, 5.41) is 4.56. The van der Waals surface area contributed by atoms with Crippen molar-refractivity contribution in [3.05, 3.63) is 193 Å². The third kappa shape index (κ3) is 5.49. The van der Waals surface area contributed by atoms with E-state index in [0.717, 1.165) is 88.7 Å². The van der Waals surface area contributed by atoms with Gasteiger partial charge in [0.25, 0.3) is 0 Å². The van der Waals surface area contributed by atoms with E-state index in [4.69, 9.17) is 15.0 Å². The third-order valence-electron chi connectivity index (χ3n) is 11.5. The van der Waals surface area contributed by atoms with Gasteiger partial charge in [-0.1, -0.05) is 146 Å². The zero-order chi connectivity index (χ0) is 37.4. The molecule has 4 aromatic heterocycles. The first-order valence-electron chi connectivity index (χ1n) is 19.0. The zero-order valence-corrected chi connectivity index (χ0v) is 33.6. The van der Waals surface area contributed by atoms with Gasteiger partial charge in [0, 0.05) is 28.4 Å². The standard InChI is InChI=1S/C51H35N5.Pt/c1-51(2,34-15-5-3-6-16-34)35-29-30-52-47(32-35)56-44-25-12-10-20-39(44)40-28-27-33(31-46(40)56)37-21-14-26-45-49(37)54-50(55(45)36-17-7-4-8-18-36)42-23-13-22-41-38-19-9-11-24-43(38)53-48(41)42;/h3-30,32H,1-2H3;/q-2;+2. The molecule has 0 unspecified atom stereocenters. The minimum absolute atomic E-state index is 0. The molecule has 0 atom stereocenters. The number of benzene rings is 7. The number of para-hydroxylation sites is 5. The van der Waals surface area contributed by atoms with Crippen LogP contribution in [0.15, 0.2) is 176 Å². The number of fused-ring (bicyclic) bond motifs is 7. The minimum atomic E-state index is -0.216. The zero-order valence-electron chi connectivity index (χ0n) is 31.3. The van der Waals surface area contributed by atoms with Gasteiger partial charge in [0.15, 0.2) is 0 Å². The van der Waals surface area contributed by atoms with E-state index in [1.807, 2.05) is 12.3 Å². The van der Waals surface area contributed by atoms with E-state index in [1.165, 1.54) is 11.1 Å². The van der Waals surface area contributed by atoms with E-state index >= 15 is 0 Å². The molecule has 0 N–H and O–H groups in total. The molecular weight excluding hydrogens is 878 g/mol. The Labute approximate surface area is 344 Å². The molecule has 0 aliphatic heterocycles. The Morgan fingerprint density at radius 3 is 2.09 bits per heavy atom. The number of rotatable bonds is 6. The van der Waals surface area contributed by atoms with Gasteiger partial charge >= 0.3 is 21.1 Å². The van der Waals surface area contributed by atoms with Crippen LogP contribution in [0.3, 0.4) is 0 Å². The van der Waals surface area contributed by atoms with Crippen molar-refractivity contribution < 1.29 is 21.1 Å². The summed E-state index contributed by atoms with van der Waals surface area (Å²) in [5.41, 5.74) is 12.2. The van der Waals surface area contributed by atoms with Crippen LogP contribution in [0.25, 0.3) is 88.7 Å². The van der Waals surface area contributed by atoms with Crippen molar-refractivity contribution in [1.82, 2.24) is 24.1 Å². The maximum atomic E-state index is 5.51. The first kappa shape index (κ1) is 34.9. The van der Waals surface area contributed by atoms with Crippen molar-refractivity contribution in [2.24, 2.45) is 0 Å². The van der Waals surface area contributed by atoms with Gasteiger partial charge in [-0.25, -0.2) is 9.97 Å². The van der Waals surface area contributed by atoms with Crippen LogP contribution in [0.1, 0.15) is 25.0 Å². The van der Waals surface area contributed by atoms with Crippen molar-refractivity contribution in [2.75, 3.05) is 0 Å². The van der Waals surface area contributed by atoms with Gasteiger partial charge in [0.2, 0.25) is 0 Å². The molecule has 0 fully saturated rings. The molecular formula is C51H35N5Pt. The van der Waals surface area contributed by atoms with Crippen LogP contribution in [0.5, 0.6) is 0 Å². The predicted molar refractivity (Wildman–Crippen MR) is 230 cm³/mol. The number of hydrogen-bond acceptors (Lipinski definition) is 2. The molecule has 11 aromatic rings. The fraction of sp³-hybridized carbons (Fsp3) is 0.0588. The second-order valence-corrected chi connectivity index (χ2v) is 15.0. The summed E-state index contributed by atoms with van der Waals surface area (Å²) in [5.74, 6) is 1.71. The molecule has 0 spiro atoms. The average Bonchev–Trinajstić information content (AvgIpc) is 3.94. The van der Waals surface area contributed by atoms with Gasteiger partial charge in [-0.2, -0.15) is 0 Å². The molecule has 274 valence electrons. The molecule has 7 aromatic carbocycles. The molecule has 0 bridgehead atoms. The van der Waals surface area contributed by atoms with Crippen LogP contribution < -0.4 is 4.98 Å². The summed E-state index contributed by atoms with van der Waals surface area (Å²) in [6.45, 7) is 4.55. The molecule has 0 amide bonds. The molecule has 0 saturated carbocycles. The van der Waals surface area contributed by atoms with E-state index in [0.29, 0.717) is 0 Å². The second-order valence-electron chi connectivity index (χ2n) is 15.0. The van der Waals surface area contributed by atoms with Gasteiger partial charge in [0.05, 0.1) is 11.0 Å². The van der Waals surface area contributed by atoms with Crippen molar-refractivity contribution in [3.63, 3.8) is 0 Å². The van der Waals surface area contributed by atoms with E-state index in [-0.39, 0.29) is 26.5 Å². The first-order valence-corrected chi connectivity index (χ1v) is 19.0. The van der Waals surface area contributed by atoms with E-state index < -0.39 is 0 Å². The Bertz CT molecular complexity index is 3280. The summed E-state index contributed by atoms with van der Waals surface area (Å²) >= 11 is 0. The van der Waals surface area contributed by atoms with Crippen LogP contribution in [0.4, 0.5) is 0 Å². The van der Waals surface area contributed by atoms with Crippen LogP contribution >= 0.6 is 0 Å². The molecule has 0 aliphatic carbocycles. The van der Waals surface area contributed by atoms with Crippen LogP contribution in [-0.4, -0.2) is 19.1 Å². The van der Waals surface area contributed by atoms with Crippen LogP contribution in [0.2, 0.25) is 0 Å². The summed E-state index contributed by atoms with van der Waals surface area (Å²) in [6, 6.07) is 63.6. The SMILES string of the molecule is CC(C)(c1ccccc1)c1ccnc(-n2c3[c-]c(-c4cccc5c4nc(-c4cccc6c4[n-]c4ccccc46)n5-c4ccccc4)ccc3c3ccccc32)c1.[Pt+2]. The smallest absolute Gasteiger partial charge is 0.656 e. The van der Waals surface area contributed by atoms with E-state index in [9.17, 15) is 0 Å². The first-order chi connectivity index (χ1) is 27.5. The van der Waals surface area contributed by atoms with E-state index in [2.05, 4.69) is 193 Å². The normalized spacial score (nSPS) is 11.9. The monoisotopic (exact) mass is 912 g/mol. The van der Waals surface area contributed by atoms with Gasteiger partial charge in [-0.05, 0) is 69.2 Å². The summed E-state index contributed by atoms with van der Waals surface area (Å²) in [6.07, 6.45) is 1.93. The molecule has 6 heteroatoms. The van der Waals surface area contributed by atoms with Crippen molar-refractivity contribution in [2.45, 2.75) is 19.3 Å². The van der Waals surface area contributed by atoms with E-state index in [1.54, 1.807) is 0 Å². The number of imidazole rings is 1. The van der Waals surface area contributed by atoms with Crippen LogP contribution in [0, 0.1) is 6.07 Å². The third-order valence-corrected chi connectivity index (χ3v) is 11.5. The predicted octanol–water partition coefficient (Wildman–Crippen LogP) is 12.2. The van der Waals surface area contributed by atoms with Gasteiger partial charge in [-0.3, -0.25) is 4.57 Å². The van der Waals surface area contributed by atoms with Crippen LogP contribution in [-0.2, 0) is 26.5 Å². The molecule has 0 aliphatic rings. The van der Waals surface area contributed by atoms with Gasteiger partial charge in [-0.15, -0.1) is 34.8 Å². The van der Waals surface area contributed by atoms with Crippen molar-refractivity contribution in [3.8, 4) is 34.0 Å². The number of pyridine rings is 1. The Kier molecular flexibility index (Phi) is 8.32. The molecule has 4 heterocycles. The summed E-state index contributed by atoms with van der Waals surface area (Å²) in [7, 11) is 0. The topological polar surface area (TPSA) is 49.7 Å². The Balaban J connectivity index is 0.00000396. The summed E-state index contributed by atoms with van der Waals surface area (Å²) in [4.78, 5) is 15.6. The Hall–Kier alpha value is -6.55. The number of hydrogen-bond donors (Lipinski definition) is 0. The molecule has 11 rings (SSSR count). The molecule has 57 heavy (non-hydrogen) atoms. The van der Waals surface area contributed by atoms with Gasteiger partial charge in [0.1, 0.15) is 11.6 Å². The minimum Gasteiger partial charge on any atom is -0.656 e. The number of nitrogens with zero attached hydrogens (tertiary/aromatic N) is 5. The quantitative estimate of drug-likeness (QED) is 0.156. The van der Waals surface area contributed by atoms with Gasteiger partial charge < -0.3 is 9.55 Å². The average molecular weight is 913 g/mol. The molecule has 5 nitrogen and oxygen atoms in total. The molecule has 0 saturated heterocycles. The van der Waals surface area contributed by atoms with Crippen molar-refractivity contribution >= 4 is 54.6 Å².